The van der Waals surface area contributed by atoms with Crippen LogP contribution in [-0.2, 0) is 9.53 Å². The molecule has 0 atom stereocenters. The lowest BCUT2D eigenvalue weighted by molar-refractivity contribution is -0.147. The second kappa shape index (κ2) is 11.1. The molecule has 0 amide bonds. The van der Waals surface area contributed by atoms with Crippen molar-refractivity contribution >= 4 is 5.97 Å². The predicted molar refractivity (Wildman–Crippen MR) is 83.8 cm³/mol. The fraction of sp³-hybridized carbons (Fsp3) is 0.941. The van der Waals surface area contributed by atoms with Crippen molar-refractivity contribution in [2.24, 2.45) is 5.92 Å². The standard InChI is InChI=1S/C17H33NO2/c1-3-4-5-6-7-8-9-10-13-18-14-11-16(12-15-18)17(19)20-2/h16H,3-15H2,1-2H3. The lowest BCUT2D eigenvalue weighted by Crippen LogP contribution is -2.37. The van der Waals surface area contributed by atoms with Crippen molar-refractivity contribution < 1.29 is 9.53 Å². The Morgan fingerprint density at radius 3 is 2.10 bits per heavy atom. The molecule has 0 aromatic carbocycles. The zero-order valence-corrected chi connectivity index (χ0v) is 13.5. The molecule has 1 heterocycles. The van der Waals surface area contributed by atoms with Crippen molar-refractivity contribution in [1.82, 2.24) is 4.90 Å². The fourth-order valence-corrected chi connectivity index (χ4v) is 3.03. The van der Waals surface area contributed by atoms with E-state index in [9.17, 15) is 4.79 Å². The molecule has 0 bridgehead atoms. The number of nitrogens with zero attached hydrogens (tertiary/aromatic N) is 1. The number of likely N-dealkylation sites (tertiary alicyclic amines) is 1. The van der Waals surface area contributed by atoms with E-state index >= 15 is 0 Å². The number of carbonyl (C=O) groups excluding carboxylic acids is 1. The van der Waals surface area contributed by atoms with E-state index in [0.717, 1.165) is 25.9 Å². The van der Waals surface area contributed by atoms with E-state index in [4.69, 9.17) is 4.74 Å². The van der Waals surface area contributed by atoms with Gasteiger partial charge < -0.3 is 9.64 Å². The first-order valence-corrected chi connectivity index (χ1v) is 8.58. The topological polar surface area (TPSA) is 29.5 Å². The first-order valence-electron chi connectivity index (χ1n) is 8.58. The second-order valence-electron chi connectivity index (χ2n) is 6.11. The summed E-state index contributed by atoms with van der Waals surface area (Å²) in [4.78, 5) is 14.0. The third-order valence-corrected chi connectivity index (χ3v) is 4.45. The molecule has 0 radical (unpaired) electrons. The highest BCUT2D eigenvalue weighted by molar-refractivity contribution is 5.72. The van der Waals surface area contributed by atoms with Crippen LogP contribution in [0.1, 0.15) is 71.1 Å². The zero-order valence-electron chi connectivity index (χ0n) is 13.5. The van der Waals surface area contributed by atoms with Crippen LogP contribution in [0.15, 0.2) is 0 Å². The summed E-state index contributed by atoms with van der Waals surface area (Å²) in [6, 6.07) is 0. The Hall–Kier alpha value is -0.570. The molecule has 0 spiro atoms. The molecule has 20 heavy (non-hydrogen) atoms. The maximum atomic E-state index is 11.4. The van der Waals surface area contributed by atoms with E-state index in [1.54, 1.807) is 0 Å². The Balaban J connectivity index is 1.93. The molecule has 1 aliphatic heterocycles. The highest BCUT2D eigenvalue weighted by Gasteiger charge is 2.24. The van der Waals surface area contributed by atoms with E-state index in [-0.39, 0.29) is 11.9 Å². The number of hydrogen-bond donors (Lipinski definition) is 0. The summed E-state index contributed by atoms with van der Waals surface area (Å²) in [5.74, 6) is 0.131. The largest absolute Gasteiger partial charge is 0.469 e. The summed E-state index contributed by atoms with van der Waals surface area (Å²) in [7, 11) is 1.50. The number of hydrogen-bond acceptors (Lipinski definition) is 3. The highest BCUT2D eigenvalue weighted by Crippen LogP contribution is 2.19. The number of carbonyl (C=O) groups is 1. The molecule has 3 nitrogen and oxygen atoms in total. The molecule has 0 unspecified atom stereocenters. The van der Waals surface area contributed by atoms with Gasteiger partial charge in [0, 0.05) is 0 Å². The molecule has 0 N–H and O–H groups in total. The maximum absolute atomic E-state index is 11.4. The van der Waals surface area contributed by atoms with Gasteiger partial charge in [-0.15, -0.1) is 0 Å². The smallest absolute Gasteiger partial charge is 0.308 e. The van der Waals surface area contributed by atoms with Crippen molar-refractivity contribution in [3.8, 4) is 0 Å². The van der Waals surface area contributed by atoms with Crippen LogP contribution in [0.25, 0.3) is 0 Å². The third-order valence-electron chi connectivity index (χ3n) is 4.45. The number of rotatable bonds is 10. The number of unbranched alkanes of at least 4 members (excludes halogenated alkanes) is 7. The Morgan fingerprint density at radius 1 is 1.00 bits per heavy atom. The Bertz CT molecular complexity index is 247. The van der Waals surface area contributed by atoms with Gasteiger partial charge in [-0.1, -0.05) is 51.9 Å². The molecule has 1 rings (SSSR count). The first kappa shape index (κ1) is 17.5. The van der Waals surface area contributed by atoms with Crippen molar-refractivity contribution in [3.05, 3.63) is 0 Å². The van der Waals surface area contributed by atoms with Crippen LogP contribution < -0.4 is 0 Å². The molecular formula is C17H33NO2. The number of esters is 1. The minimum atomic E-state index is -0.0169. The quantitative estimate of drug-likeness (QED) is 0.448. The molecule has 3 heteroatoms. The lowest BCUT2D eigenvalue weighted by Gasteiger charge is -2.30. The van der Waals surface area contributed by atoms with E-state index in [1.165, 1.54) is 65.0 Å². The summed E-state index contributed by atoms with van der Waals surface area (Å²) >= 11 is 0. The zero-order chi connectivity index (χ0) is 14.6. The molecule has 0 aliphatic carbocycles. The van der Waals surface area contributed by atoms with Crippen LogP contribution >= 0.6 is 0 Å². The third kappa shape index (κ3) is 7.28. The van der Waals surface area contributed by atoms with E-state index < -0.39 is 0 Å². The van der Waals surface area contributed by atoms with Crippen molar-refractivity contribution in [1.29, 1.82) is 0 Å². The SMILES string of the molecule is CCCCCCCCCCN1CCC(C(=O)OC)CC1. The molecule has 1 aliphatic rings. The fourth-order valence-electron chi connectivity index (χ4n) is 3.03. The maximum Gasteiger partial charge on any atom is 0.308 e. The van der Waals surface area contributed by atoms with Crippen molar-refractivity contribution in [2.75, 3.05) is 26.7 Å². The van der Waals surface area contributed by atoms with Crippen LogP contribution in [0.2, 0.25) is 0 Å². The van der Waals surface area contributed by atoms with Gasteiger partial charge in [-0.25, -0.2) is 0 Å². The lowest BCUT2D eigenvalue weighted by atomic mass is 9.97. The Kier molecular flexibility index (Phi) is 9.73. The molecule has 0 aromatic heterocycles. The van der Waals surface area contributed by atoms with Gasteiger partial charge in [0.1, 0.15) is 0 Å². The van der Waals surface area contributed by atoms with Gasteiger partial charge in [0.2, 0.25) is 0 Å². The Labute approximate surface area is 125 Å². The van der Waals surface area contributed by atoms with Crippen LogP contribution in [0.4, 0.5) is 0 Å². The summed E-state index contributed by atoms with van der Waals surface area (Å²) in [5.41, 5.74) is 0. The number of ether oxygens (including phenoxy) is 1. The van der Waals surface area contributed by atoms with Gasteiger partial charge in [0.05, 0.1) is 13.0 Å². The predicted octanol–water partition coefficient (Wildman–Crippen LogP) is 4.01. The monoisotopic (exact) mass is 283 g/mol. The van der Waals surface area contributed by atoms with Crippen LogP contribution in [0, 0.1) is 5.92 Å². The average molecular weight is 283 g/mol. The van der Waals surface area contributed by atoms with Gasteiger partial charge in [-0.3, -0.25) is 4.79 Å². The molecule has 118 valence electrons. The van der Waals surface area contributed by atoms with Crippen molar-refractivity contribution in [2.45, 2.75) is 71.1 Å². The number of piperidine rings is 1. The van der Waals surface area contributed by atoms with Gasteiger partial charge in [0.25, 0.3) is 0 Å². The average Bonchev–Trinajstić information content (AvgIpc) is 2.50. The Morgan fingerprint density at radius 2 is 1.55 bits per heavy atom. The van der Waals surface area contributed by atoms with E-state index in [0.29, 0.717) is 0 Å². The normalized spacial score (nSPS) is 17.3. The van der Waals surface area contributed by atoms with E-state index in [2.05, 4.69) is 11.8 Å². The van der Waals surface area contributed by atoms with Crippen LogP contribution in [0.3, 0.4) is 0 Å². The minimum absolute atomic E-state index is 0.0169. The molecule has 1 saturated heterocycles. The van der Waals surface area contributed by atoms with Gasteiger partial charge >= 0.3 is 5.97 Å². The molecular weight excluding hydrogens is 250 g/mol. The van der Waals surface area contributed by atoms with Gasteiger partial charge in [0.15, 0.2) is 0 Å². The minimum Gasteiger partial charge on any atom is -0.469 e. The summed E-state index contributed by atoms with van der Waals surface area (Å²) < 4.78 is 4.82. The summed E-state index contributed by atoms with van der Waals surface area (Å²) in [6.07, 6.45) is 13.0. The van der Waals surface area contributed by atoms with Gasteiger partial charge in [-0.05, 0) is 38.9 Å². The summed E-state index contributed by atoms with van der Waals surface area (Å²) in [6.45, 7) is 5.61. The van der Waals surface area contributed by atoms with Crippen LogP contribution in [0.5, 0.6) is 0 Å². The second-order valence-corrected chi connectivity index (χ2v) is 6.11. The van der Waals surface area contributed by atoms with E-state index in [1.807, 2.05) is 0 Å². The first-order chi connectivity index (χ1) is 9.77. The molecule has 0 saturated carbocycles. The molecule has 0 aromatic rings. The summed E-state index contributed by atoms with van der Waals surface area (Å²) in [5, 5.41) is 0. The van der Waals surface area contributed by atoms with Crippen molar-refractivity contribution in [3.63, 3.8) is 0 Å². The molecule has 1 fully saturated rings. The van der Waals surface area contributed by atoms with Crippen LogP contribution in [-0.4, -0.2) is 37.6 Å². The van der Waals surface area contributed by atoms with Gasteiger partial charge in [-0.2, -0.15) is 0 Å². The highest BCUT2D eigenvalue weighted by atomic mass is 16.5. The number of methoxy groups -OCH3 is 1.